The van der Waals surface area contributed by atoms with E-state index in [0.29, 0.717) is 11.4 Å². The maximum absolute atomic E-state index is 13.5. The Labute approximate surface area is 164 Å². The van der Waals surface area contributed by atoms with Gasteiger partial charge in [0.2, 0.25) is 0 Å². The van der Waals surface area contributed by atoms with Gasteiger partial charge < -0.3 is 4.98 Å². The van der Waals surface area contributed by atoms with Gasteiger partial charge in [-0.2, -0.15) is 0 Å². The third-order valence-electron chi connectivity index (χ3n) is 4.86. The van der Waals surface area contributed by atoms with E-state index in [4.69, 9.17) is 0 Å². The SMILES string of the molecule is C/C(C(=O)N(c1ccccc1)c1ccccc1)=C(/C)c1nc2ccccc2[nH]1. The van der Waals surface area contributed by atoms with Crippen LogP contribution in [0, 0.1) is 0 Å². The molecule has 0 fully saturated rings. The molecule has 4 rings (SSSR count). The fourth-order valence-corrected chi connectivity index (χ4v) is 3.17. The van der Waals surface area contributed by atoms with Gasteiger partial charge in [-0.25, -0.2) is 4.98 Å². The lowest BCUT2D eigenvalue weighted by Crippen LogP contribution is -2.27. The summed E-state index contributed by atoms with van der Waals surface area (Å²) in [5.41, 5.74) is 4.98. The standard InChI is InChI=1S/C24H21N3O/c1-17(23-25-21-15-9-10-16-22(21)26-23)18(2)24(28)27(19-11-5-3-6-12-19)20-13-7-4-8-14-20/h3-16H,1-2H3,(H,25,26)/b18-17+. The topological polar surface area (TPSA) is 49.0 Å². The Balaban J connectivity index is 1.78. The van der Waals surface area contributed by atoms with Crippen LogP contribution >= 0.6 is 0 Å². The summed E-state index contributed by atoms with van der Waals surface area (Å²) in [6.07, 6.45) is 0. The van der Waals surface area contributed by atoms with Gasteiger partial charge in [0, 0.05) is 22.5 Å². The molecule has 0 unspecified atom stereocenters. The summed E-state index contributed by atoms with van der Waals surface area (Å²) >= 11 is 0. The normalized spacial score (nSPS) is 11.9. The summed E-state index contributed by atoms with van der Waals surface area (Å²) < 4.78 is 0. The molecule has 0 saturated carbocycles. The Bertz CT molecular complexity index is 1070. The molecule has 0 bridgehead atoms. The number of hydrogen-bond acceptors (Lipinski definition) is 2. The average molecular weight is 367 g/mol. The van der Waals surface area contributed by atoms with Crippen molar-refractivity contribution in [2.24, 2.45) is 0 Å². The number of fused-ring (bicyclic) bond motifs is 1. The minimum Gasteiger partial charge on any atom is -0.338 e. The van der Waals surface area contributed by atoms with Crippen LogP contribution in [0.5, 0.6) is 0 Å². The van der Waals surface area contributed by atoms with Gasteiger partial charge in [-0.15, -0.1) is 0 Å². The zero-order valence-corrected chi connectivity index (χ0v) is 15.9. The highest BCUT2D eigenvalue weighted by atomic mass is 16.2. The molecule has 0 aliphatic rings. The number of benzene rings is 3. The maximum Gasteiger partial charge on any atom is 0.258 e. The van der Waals surface area contributed by atoms with Gasteiger partial charge in [0.15, 0.2) is 0 Å². The molecule has 3 aromatic carbocycles. The van der Waals surface area contributed by atoms with Gasteiger partial charge >= 0.3 is 0 Å². The van der Waals surface area contributed by atoms with E-state index < -0.39 is 0 Å². The van der Waals surface area contributed by atoms with E-state index in [2.05, 4.69) is 9.97 Å². The molecule has 0 atom stereocenters. The number of carbonyl (C=O) groups is 1. The van der Waals surface area contributed by atoms with Gasteiger partial charge in [0.1, 0.15) is 5.82 Å². The van der Waals surface area contributed by atoms with Gasteiger partial charge in [-0.3, -0.25) is 9.69 Å². The Morgan fingerprint density at radius 2 is 1.32 bits per heavy atom. The first-order chi connectivity index (χ1) is 13.6. The number of aromatic amines is 1. The molecule has 1 heterocycles. The minimum absolute atomic E-state index is 0.0737. The van der Waals surface area contributed by atoms with Crippen LogP contribution in [0.4, 0.5) is 11.4 Å². The van der Waals surface area contributed by atoms with E-state index in [1.807, 2.05) is 98.8 Å². The highest BCUT2D eigenvalue weighted by molar-refractivity contribution is 6.13. The highest BCUT2D eigenvalue weighted by Crippen LogP contribution is 2.29. The number of nitrogens with one attached hydrogen (secondary N) is 1. The number of H-pyrrole nitrogens is 1. The zero-order valence-electron chi connectivity index (χ0n) is 15.9. The second kappa shape index (κ2) is 7.53. The van der Waals surface area contributed by atoms with Crippen molar-refractivity contribution in [3.8, 4) is 0 Å². The molecule has 0 radical (unpaired) electrons. The molecule has 1 aromatic heterocycles. The quantitative estimate of drug-likeness (QED) is 0.469. The predicted octanol–water partition coefficient (Wildman–Crippen LogP) is 5.72. The molecule has 0 saturated heterocycles. The Morgan fingerprint density at radius 1 is 0.786 bits per heavy atom. The summed E-state index contributed by atoms with van der Waals surface area (Å²) in [5, 5.41) is 0. The number of hydrogen-bond donors (Lipinski definition) is 1. The summed E-state index contributed by atoms with van der Waals surface area (Å²) in [5.74, 6) is 0.642. The Morgan fingerprint density at radius 3 is 1.89 bits per heavy atom. The largest absolute Gasteiger partial charge is 0.338 e. The van der Waals surface area contributed by atoms with Crippen LogP contribution in [0.1, 0.15) is 19.7 Å². The number of aromatic nitrogens is 2. The van der Waals surface area contributed by atoms with Crippen molar-refractivity contribution < 1.29 is 4.79 Å². The fraction of sp³-hybridized carbons (Fsp3) is 0.0833. The number of imidazole rings is 1. The molecule has 1 amide bonds. The number of para-hydroxylation sites is 4. The lowest BCUT2D eigenvalue weighted by molar-refractivity contribution is -0.114. The summed E-state index contributed by atoms with van der Waals surface area (Å²) in [6.45, 7) is 3.78. The van der Waals surface area contributed by atoms with Crippen LogP contribution in [-0.4, -0.2) is 15.9 Å². The smallest absolute Gasteiger partial charge is 0.258 e. The van der Waals surface area contributed by atoms with E-state index in [9.17, 15) is 4.79 Å². The van der Waals surface area contributed by atoms with Crippen molar-refractivity contribution >= 4 is 33.9 Å². The van der Waals surface area contributed by atoms with Crippen LogP contribution in [0.3, 0.4) is 0 Å². The van der Waals surface area contributed by atoms with E-state index in [1.165, 1.54) is 0 Å². The van der Waals surface area contributed by atoms with Gasteiger partial charge in [0.25, 0.3) is 5.91 Å². The number of amides is 1. The minimum atomic E-state index is -0.0737. The zero-order chi connectivity index (χ0) is 19.5. The molecule has 0 aliphatic carbocycles. The number of carbonyl (C=O) groups excluding carboxylic acids is 1. The van der Waals surface area contributed by atoms with Gasteiger partial charge in [-0.1, -0.05) is 48.5 Å². The van der Waals surface area contributed by atoms with Gasteiger partial charge in [0.05, 0.1) is 11.0 Å². The third kappa shape index (κ3) is 3.32. The Hall–Kier alpha value is -3.66. The lowest BCUT2D eigenvalue weighted by Gasteiger charge is -2.24. The van der Waals surface area contributed by atoms with E-state index in [-0.39, 0.29) is 5.91 Å². The first-order valence-electron chi connectivity index (χ1n) is 9.22. The molecule has 0 spiro atoms. The van der Waals surface area contributed by atoms with Gasteiger partial charge in [-0.05, 0) is 50.2 Å². The molecule has 0 aliphatic heterocycles. The van der Waals surface area contributed by atoms with Crippen molar-refractivity contribution in [1.29, 1.82) is 0 Å². The van der Waals surface area contributed by atoms with Crippen LogP contribution in [0.2, 0.25) is 0 Å². The van der Waals surface area contributed by atoms with Crippen molar-refractivity contribution in [3.63, 3.8) is 0 Å². The number of allylic oxidation sites excluding steroid dienone is 1. The molecule has 28 heavy (non-hydrogen) atoms. The monoisotopic (exact) mass is 367 g/mol. The first kappa shape index (κ1) is 17.7. The van der Waals surface area contributed by atoms with Crippen LogP contribution in [0.15, 0.2) is 90.5 Å². The maximum atomic E-state index is 13.5. The van der Waals surface area contributed by atoms with Crippen molar-refractivity contribution in [2.45, 2.75) is 13.8 Å². The molecule has 138 valence electrons. The van der Waals surface area contributed by atoms with Crippen molar-refractivity contribution in [3.05, 3.63) is 96.3 Å². The molecule has 4 heteroatoms. The first-order valence-corrected chi connectivity index (χ1v) is 9.22. The molecular weight excluding hydrogens is 346 g/mol. The summed E-state index contributed by atoms with van der Waals surface area (Å²) in [6, 6.07) is 27.2. The second-order valence-corrected chi connectivity index (χ2v) is 6.66. The highest BCUT2D eigenvalue weighted by Gasteiger charge is 2.22. The van der Waals surface area contributed by atoms with E-state index in [0.717, 1.165) is 28.0 Å². The average Bonchev–Trinajstić information content (AvgIpc) is 3.18. The van der Waals surface area contributed by atoms with Crippen molar-refractivity contribution in [1.82, 2.24) is 9.97 Å². The predicted molar refractivity (Wildman–Crippen MR) is 114 cm³/mol. The van der Waals surface area contributed by atoms with Crippen LogP contribution < -0.4 is 4.90 Å². The number of anilines is 2. The van der Waals surface area contributed by atoms with Crippen molar-refractivity contribution in [2.75, 3.05) is 4.90 Å². The number of rotatable bonds is 4. The second-order valence-electron chi connectivity index (χ2n) is 6.66. The summed E-state index contributed by atoms with van der Waals surface area (Å²) in [7, 11) is 0. The lowest BCUT2D eigenvalue weighted by atomic mass is 10.1. The number of nitrogens with zero attached hydrogens (tertiary/aromatic N) is 2. The third-order valence-corrected chi connectivity index (χ3v) is 4.86. The van der Waals surface area contributed by atoms with Crippen LogP contribution in [-0.2, 0) is 4.79 Å². The molecule has 4 aromatic rings. The fourth-order valence-electron chi connectivity index (χ4n) is 3.17. The Kier molecular flexibility index (Phi) is 4.77. The summed E-state index contributed by atoms with van der Waals surface area (Å²) in [4.78, 5) is 23.2. The molecular formula is C24H21N3O. The van der Waals surface area contributed by atoms with Crippen LogP contribution in [0.25, 0.3) is 16.6 Å². The molecule has 1 N–H and O–H groups in total. The van der Waals surface area contributed by atoms with E-state index in [1.54, 1.807) is 4.90 Å². The molecule has 4 nitrogen and oxygen atoms in total. The van der Waals surface area contributed by atoms with E-state index >= 15 is 0 Å².